The van der Waals surface area contributed by atoms with Gasteiger partial charge >= 0.3 is 0 Å². The van der Waals surface area contributed by atoms with E-state index in [0.29, 0.717) is 0 Å². The molecule has 6 aromatic rings. The third-order valence-electron chi connectivity index (χ3n) is 5.33. The average molecular weight is 382 g/mol. The topological polar surface area (TPSA) is 95.4 Å². The molecule has 0 saturated heterocycles. The molecule has 0 aliphatic rings. The van der Waals surface area contributed by atoms with E-state index in [1.54, 1.807) is 17.4 Å². The van der Waals surface area contributed by atoms with Crippen molar-refractivity contribution in [2.75, 3.05) is 5.01 Å². The van der Waals surface area contributed by atoms with Gasteiger partial charge in [-0.05, 0) is 24.6 Å². The van der Waals surface area contributed by atoms with Crippen LogP contribution in [-0.4, -0.2) is 29.2 Å². The molecular weight excluding hydrogens is 364 g/mol. The highest BCUT2D eigenvalue weighted by atomic mass is 15.4. The van der Waals surface area contributed by atoms with E-state index in [0.717, 1.165) is 50.5 Å². The smallest absolute Gasteiger partial charge is 0.179 e. The van der Waals surface area contributed by atoms with Gasteiger partial charge in [0.1, 0.15) is 11.3 Å². The number of benzene rings is 2. The Balaban J connectivity index is 1.60. The first kappa shape index (κ1) is 16.0. The lowest BCUT2D eigenvalue weighted by Gasteiger charge is -2.21. The number of nitrogens with zero attached hydrogens (tertiary/aromatic N) is 5. The Morgan fingerprint density at radius 2 is 1.93 bits per heavy atom. The van der Waals surface area contributed by atoms with Gasteiger partial charge in [-0.1, -0.05) is 30.3 Å². The number of nitrogens with two attached hydrogens (primary N) is 1. The Morgan fingerprint density at radius 1 is 1.07 bits per heavy atom. The van der Waals surface area contributed by atoms with Crippen molar-refractivity contribution in [3.8, 4) is 11.3 Å². The lowest BCUT2D eigenvalue weighted by Crippen LogP contribution is -2.26. The van der Waals surface area contributed by atoms with Crippen molar-refractivity contribution in [2.45, 2.75) is 6.92 Å². The lowest BCUT2D eigenvalue weighted by molar-refractivity contribution is 0.978. The van der Waals surface area contributed by atoms with Crippen LogP contribution in [0, 0.1) is 6.92 Å². The Labute approximate surface area is 165 Å². The van der Waals surface area contributed by atoms with E-state index in [2.05, 4.69) is 51.4 Å². The third kappa shape index (κ3) is 2.23. The van der Waals surface area contributed by atoms with Crippen LogP contribution < -0.4 is 10.9 Å². The number of fused-ring (bicyclic) bond motifs is 4. The number of nitrogens with one attached hydrogen (secondary N) is 2. The van der Waals surface area contributed by atoms with Crippen LogP contribution >= 0.6 is 0 Å². The monoisotopic (exact) mass is 382 g/mol. The van der Waals surface area contributed by atoms with Crippen molar-refractivity contribution in [1.29, 1.82) is 0 Å². The summed E-state index contributed by atoms with van der Waals surface area (Å²) in [4.78, 5) is 7.90. The number of H-pyrrole nitrogens is 2. The molecule has 4 heterocycles. The van der Waals surface area contributed by atoms with Gasteiger partial charge in [-0.3, -0.25) is 10.1 Å². The fourth-order valence-electron chi connectivity index (χ4n) is 3.96. The van der Waals surface area contributed by atoms with E-state index in [9.17, 15) is 0 Å². The molecule has 0 aliphatic heterocycles. The summed E-state index contributed by atoms with van der Waals surface area (Å²) < 4.78 is 3.76. The summed E-state index contributed by atoms with van der Waals surface area (Å²) in [5, 5.41) is 9.51. The van der Waals surface area contributed by atoms with E-state index in [-0.39, 0.29) is 0 Å². The Hall–Kier alpha value is -4.04. The van der Waals surface area contributed by atoms with Gasteiger partial charge in [0.2, 0.25) is 0 Å². The molecule has 142 valence electrons. The van der Waals surface area contributed by atoms with Crippen molar-refractivity contribution in [1.82, 2.24) is 29.2 Å². The molecule has 4 aromatic heterocycles. The zero-order valence-corrected chi connectivity index (χ0v) is 15.7. The van der Waals surface area contributed by atoms with Crippen molar-refractivity contribution in [2.24, 2.45) is 5.84 Å². The number of aryl methyl sites for hydroxylation is 1. The molecule has 0 amide bonds. The van der Waals surface area contributed by atoms with Crippen LogP contribution in [0.5, 0.6) is 0 Å². The first-order chi connectivity index (χ1) is 14.2. The zero-order valence-electron chi connectivity index (χ0n) is 15.7. The maximum Gasteiger partial charge on any atom is 0.179 e. The minimum atomic E-state index is 0.768. The summed E-state index contributed by atoms with van der Waals surface area (Å²) in [6.07, 6.45) is 5.42. The molecule has 2 aromatic carbocycles. The van der Waals surface area contributed by atoms with Gasteiger partial charge in [-0.15, -0.1) is 0 Å². The van der Waals surface area contributed by atoms with Gasteiger partial charge in [0.25, 0.3) is 0 Å². The normalized spacial score (nSPS) is 11.8. The lowest BCUT2D eigenvalue weighted by atomic mass is 10.1. The number of aromatic nitrogens is 6. The number of aromatic amines is 2. The molecule has 29 heavy (non-hydrogen) atoms. The second-order valence-electron chi connectivity index (χ2n) is 7.10. The number of imidazole rings is 2. The van der Waals surface area contributed by atoms with Gasteiger partial charge in [-0.25, -0.2) is 19.9 Å². The second kappa shape index (κ2) is 5.73. The van der Waals surface area contributed by atoms with Crippen LogP contribution in [0.15, 0.2) is 67.1 Å². The number of hydrogen-bond acceptors (Lipinski definition) is 4. The molecule has 0 radical (unpaired) electrons. The van der Waals surface area contributed by atoms with Crippen LogP contribution in [0.3, 0.4) is 0 Å². The van der Waals surface area contributed by atoms with Crippen LogP contribution in [0.2, 0.25) is 0 Å². The molecular formula is C21H18N8. The largest absolute Gasteiger partial charge is 0.338 e. The quantitative estimate of drug-likeness (QED) is 0.321. The van der Waals surface area contributed by atoms with Crippen LogP contribution in [0.1, 0.15) is 5.56 Å². The van der Waals surface area contributed by atoms with Crippen molar-refractivity contribution in [3.63, 3.8) is 0 Å². The number of hydrogen-bond donors (Lipinski definition) is 3. The SMILES string of the molecule is Cc1cc2[nH]c3ccnn3c2cc1N(N)c1c(-c2ccccc2)[nH]n2ccnc12. The summed E-state index contributed by atoms with van der Waals surface area (Å²) >= 11 is 0. The molecule has 0 saturated carbocycles. The summed E-state index contributed by atoms with van der Waals surface area (Å²) in [7, 11) is 0. The molecule has 8 nitrogen and oxygen atoms in total. The first-order valence-electron chi connectivity index (χ1n) is 9.32. The highest BCUT2D eigenvalue weighted by Crippen LogP contribution is 2.37. The van der Waals surface area contributed by atoms with Gasteiger partial charge in [0, 0.05) is 24.0 Å². The average Bonchev–Trinajstić information content (AvgIpc) is 3.47. The summed E-state index contributed by atoms with van der Waals surface area (Å²) in [6.45, 7) is 2.05. The van der Waals surface area contributed by atoms with E-state index in [1.807, 2.05) is 39.5 Å². The Morgan fingerprint density at radius 3 is 2.79 bits per heavy atom. The van der Waals surface area contributed by atoms with E-state index in [1.165, 1.54) is 0 Å². The highest BCUT2D eigenvalue weighted by molar-refractivity contribution is 5.92. The Kier molecular flexibility index (Phi) is 3.15. The highest BCUT2D eigenvalue weighted by Gasteiger charge is 2.22. The number of rotatable bonds is 3. The first-order valence-corrected chi connectivity index (χ1v) is 9.32. The Bertz CT molecular complexity index is 1480. The third-order valence-corrected chi connectivity index (χ3v) is 5.33. The molecule has 0 aliphatic carbocycles. The van der Waals surface area contributed by atoms with Gasteiger partial charge in [0.05, 0.1) is 28.6 Å². The molecule has 4 N–H and O–H groups in total. The summed E-state index contributed by atoms with van der Waals surface area (Å²) in [5.41, 5.74) is 8.41. The van der Waals surface area contributed by atoms with E-state index < -0.39 is 0 Å². The molecule has 0 unspecified atom stereocenters. The van der Waals surface area contributed by atoms with Crippen LogP contribution in [0.25, 0.3) is 33.6 Å². The predicted molar refractivity (Wildman–Crippen MR) is 113 cm³/mol. The molecule has 0 fully saturated rings. The van der Waals surface area contributed by atoms with Crippen molar-refractivity contribution in [3.05, 3.63) is 72.7 Å². The van der Waals surface area contributed by atoms with Gasteiger partial charge in [0.15, 0.2) is 5.65 Å². The van der Waals surface area contributed by atoms with Crippen LogP contribution in [-0.2, 0) is 0 Å². The molecule has 0 atom stereocenters. The second-order valence-corrected chi connectivity index (χ2v) is 7.10. The number of anilines is 2. The van der Waals surface area contributed by atoms with E-state index in [4.69, 9.17) is 5.84 Å². The van der Waals surface area contributed by atoms with Crippen molar-refractivity contribution < 1.29 is 0 Å². The van der Waals surface area contributed by atoms with Gasteiger partial charge < -0.3 is 4.98 Å². The van der Waals surface area contributed by atoms with Crippen molar-refractivity contribution >= 4 is 33.7 Å². The predicted octanol–water partition coefficient (Wildman–Crippen LogP) is 3.78. The summed E-state index contributed by atoms with van der Waals surface area (Å²) in [5.74, 6) is 6.72. The molecule has 0 bridgehead atoms. The number of hydrazine groups is 1. The zero-order chi connectivity index (χ0) is 19.5. The molecule has 8 heteroatoms. The molecule has 0 spiro atoms. The summed E-state index contributed by atoms with van der Waals surface area (Å²) in [6, 6.07) is 16.2. The maximum atomic E-state index is 6.72. The maximum absolute atomic E-state index is 6.72. The fraction of sp³-hybridized carbons (Fsp3) is 0.0476. The minimum Gasteiger partial charge on any atom is -0.338 e. The van der Waals surface area contributed by atoms with Gasteiger partial charge in [-0.2, -0.15) is 5.10 Å². The van der Waals surface area contributed by atoms with E-state index >= 15 is 0 Å². The van der Waals surface area contributed by atoms with Crippen LogP contribution in [0.4, 0.5) is 11.4 Å². The minimum absolute atomic E-state index is 0.768. The molecule has 6 rings (SSSR count). The fourth-order valence-corrected chi connectivity index (χ4v) is 3.96. The standard InChI is InChI=1S/C21H18N8/c1-13-11-15-17(29-18(25-15)7-8-24-29)12-16(13)28(22)20-19(14-5-3-2-4-6-14)26-27-10-9-23-21(20)27/h2-12,25-26H,22H2,1H3.